The number of carbonyl (C=O) groups is 1. The Balaban J connectivity index is 1.78. The Morgan fingerprint density at radius 1 is 1.28 bits per heavy atom. The molecule has 2 aromatic carbocycles. The van der Waals surface area contributed by atoms with Crippen molar-refractivity contribution in [2.45, 2.75) is 24.7 Å². The highest BCUT2D eigenvalue weighted by Crippen LogP contribution is 2.31. The first-order valence-corrected chi connectivity index (χ1v) is 10.7. The van der Waals surface area contributed by atoms with Gasteiger partial charge in [-0.3, -0.25) is 4.79 Å². The molecule has 7 nitrogen and oxygen atoms in total. The SMILES string of the molecule is COc1ccc(C)cc1S(=O)(=O)N1CCC[C@@H](C(=O)Nc2cccc(C#N)c2)C1. The smallest absolute Gasteiger partial charge is 0.246 e. The van der Waals surface area contributed by atoms with E-state index in [1.807, 2.05) is 13.0 Å². The fourth-order valence-electron chi connectivity index (χ4n) is 3.41. The molecule has 1 fully saturated rings. The Morgan fingerprint density at radius 3 is 2.79 bits per heavy atom. The molecule has 0 saturated carbocycles. The quantitative estimate of drug-likeness (QED) is 0.812. The maximum Gasteiger partial charge on any atom is 0.246 e. The second kappa shape index (κ2) is 8.64. The zero-order valence-electron chi connectivity index (χ0n) is 16.4. The Kier molecular flexibility index (Phi) is 6.20. The molecule has 0 unspecified atom stereocenters. The number of anilines is 1. The summed E-state index contributed by atoms with van der Waals surface area (Å²) in [4.78, 5) is 12.8. The number of carbonyl (C=O) groups excluding carboxylic acids is 1. The summed E-state index contributed by atoms with van der Waals surface area (Å²) in [5.74, 6) is -0.438. The van der Waals surface area contributed by atoms with Crippen molar-refractivity contribution in [2.75, 3.05) is 25.5 Å². The summed E-state index contributed by atoms with van der Waals surface area (Å²) in [6.45, 7) is 2.27. The van der Waals surface area contributed by atoms with E-state index in [-0.39, 0.29) is 23.1 Å². The average molecular weight is 413 g/mol. The highest BCUT2D eigenvalue weighted by Gasteiger charge is 2.35. The number of hydrogen-bond acceptors (Lipinski definition) is 5. The minimum atomic E-state index is -3.79. The van der Waals surface area contributed by atoms with Crippen LogP contribution in [0.25, 0.3) is 0 Å². The van der Waals surface area contributed by atoms with Crippen molar-refractivity contribution in [3.63, 3.8) is 0 Å². The maximum atomic E-state index is 13.2. The highest BCUT2D eigenvalue weighted by atomic mass is 32.2. The molecule has 0 spiro atoms. The van der Waals surface area contributed by atoms with Crippen LogP contribution in [0.3, 0.4) is 0 Å². The molecule has 0 bridgehead atoms. The van der Waals surface area contributed by atoms with Gasteiger partial charge in [-0.2, -0.15) is 9.57 Å². The molecule has 8 heteroatoms. The first kappa shape index (κ1) is 20.8. The molecule has 3 rings (SSSR count). The van der Waals surface area contributed by atoms with Crippen molar-refractivity contribution in [2.24, 2.45) is 5.92 Å². The van der Waals surface area contributed by atoms with E-state index in [9.17, 15) is 13.2 Å². The van der Waals surface area contributed by atoms with Crippen LogP contribution in [0.15, 0.2) is 47.4 Å². The first-order valence-electron chi connectivity index (χ1n) is 9.31. The molecular weight excluding hydrogens is 390 g/mol. The van der Waals surface area contributed by atoms with E-state index in [1.165, 1.54) is 11.4 Å². The van der Waals surface area contributed by atoms with Gasteiger partial charge in [0.15, 0.2) is 0 Å². The number of aryl methyl sites for hydroxylation is 1. The van der Waals surface area contributed by atoms with Crippen LogP contribution >= 0.6 is 0 Å². The zero-order valence-corrected chi connectivity index (χ0v) is 17.2. The molecule has 0 aromatic heterocycles. The third-order valence-electron chi connectivity index (χ3n) is 4.95. The number of nitriles is 1. The number of rotatable bonds is 5. The first-order chi connectivity index (χ1) is 13.8. The molecule has 29 heavy (non-hydrogen) atoms. The molecular formula is C21H23N3O4S. The van der Waals surface area contributed by atoms with Crippen LogP contribution in [-0.4, -0.2) is 38.8 Å². The molecule has 152 valence electrons. The molecule has 1 aliphatic heterocycles. The fraction of sp³-hybridized carbons (Fsp3) is 0.333. The molecule has 1 saturated heterocycles. The second-order valence-corrected chi connectivity index (χ2v) is 8.94. The van der Waals surface area contributed by atoms with Crippen molar-refractivity contribution in [1.29, 1.82) is 5.26 Å². The van der Waals surface area contributed by atoms with Crippen molar-refractivity contribution < 1.29 is 17.9 Å². The van der Waals surface area contributed by atoms with Gasteiger partial charge in [-0.25, -0.2) is 8.42 Å². The van der Waals surface area contributed by atoms with Gasteiger partial charge in [0.25, 0.3) is 0 Å². The average Bonchev–Trinajstić information content (AvgIpc) is 2.74. The Labute approximate surface area is 171 Å². The van der Waals surface area contributed by atoms with Gasteiger partial charge < -0.3 is 10.1 Å². The van der Waals surface area contributed by atoms with E-state index in [1.54, 1.807) is 42.5 Å². The molecule has 0 aliphatic carbocycles. The molecule has 1 heterocycles. The minimum Gasteiger partial charge on any atom is -0.495 e. The Hall–Kier alpha value is -2.89. The Morgan fingerprint density at radius 2 is 2.07 bits per heavy atom. The molecule has 1 aliphatic rings. The lowest BCUT2D eigenvalue weighted by molar-refractivity contribution is -0.120. The topological polar surface area (TPSA) is 99.5 Å². The van der Waals surface area contributed by atoms with Crippen LogP contribution in [0.5, 0.6) is 5.75 Å². The summed E-state index contributed by atoms with van der Waals surface area (Å²) in [6, 6.07) is 13.7. The van der Waals surface area contributed by atoms with Gasteiger partial charge >= 0.3 is 0 Å². The number of benzene rings is 2. The standard InChI is InChI=1S/C21H23N3O4S/c1-15-8-9-19(28-2)20(11-15)29(26,27)24-10-4-6-17(14-24)21(25)23-18-7-3-5-16(12-18)13-22/h3,5,7-9,11-12,17H,4,6,10,14H2,1-2H3,(H,23,25)/t17-/m1/s1. The van der Waals surface area contributed by atoms with Crippen molar-refractivity contribution >= 4 is 21.6 Å². The van der Waals surface area contributed by atoms with Gasteiger partial charge in [-0.1, -0.05) is 12.1 Å². The zero-order chi connectivity index (χ0) is 21.0. The summed E-state index contributed by atoms with van der Waals surface area (Å²) in [5.41, 5.74) is 1.78. The van der Waals surface area contributed by atoms with Gasteiger partial charge in [0.2, 0.25) is 15.9 Å². The number of nitrogens with one attached hydrogen (secondary N) is 1. The van der Waals surface area contributed by atoms with Crippen molar-refractivity contribution in [3.05, 3.63) is 53.6 Å². The molecule has 0 radical (unpaired) electrons. The van der Waals surface area contributed by atoms with Gasteiger partial charge in [0.1, 0.15) is 10.6 Å². The van der Waals surface area contributed by atoms with Crippen LogP contribution < -0.4 is 10.1 Å². The monoisotopic (exact) mass is 413 g/mol. The number of amides is 1. The van der Waals surface area contributed by atoms with E-state index >= 15 is 0 Å². The van der Waals surface area contributed by atoms with Crippen LogP contribution in [-0.2, 0) is 14.8 Å². The number of methoxy groups -OCH3 is 1. The largest absolute Gasteiger partial charge is 0.495 e. The number of sulfonamides is 1. The summed E-state index contributed by atoms with van der Waals surface area (Å²) in [7, 11) is -2.36. The molecule has 1 N–H and O–H groups in total. The van der Waals surface area contributed by atoms with Crippen LogP contribution in [0, 0.1) is 24.2 Å². The van der Waals surface area contributed by atoms with E-state index in [2.05, 4.69) is 5.32 Å². The lowest BCUT2D eigenvalue weighted by atomic mass is 9.98. The number of ether oxygens (including phenoxy) is 1. The molecule has 2 aromatic rings. The molecule has 1 amide bonds. The number of hydrogen-bond donors (Lipinski definition) is 1. The van der Waals surface area contributed by atoms with Gasteiger partial charge in [0.05, 0.1) is 24.7 Å². The van der Waals surface area contributed by atoms with Crippen molar-refractivity contribution in [1.82, 2.24) is 4.31 Å². The predicted octanol–water partition coefficient (Wildman–Crippen LogP) is 2.91. The van der Waals surface area contributed by atoms with E-state index in [0.717, 1.165) is 5.56 Å². The van der Waals surface area contributed by atoms with Gasteiger partial charge in [0, 0.05) is 18.8 Å². The number of piperidine rings is 1. The van der Waals surface area contributed by atoms with Gasteiger partial charge in [-0.15, -0.1) is 0 Å². The lowest BCUT2D eigenvalue weighted by Gasteiger charge is -2.31. The van der Waals surface area contributed by atoms with Crippen LogP contribution in [0.2, 0.25) is 0 Å². The second-order valence-electron chi connectivity index (χ2n) is 7.04. The summed E-state index contributed by atoms with van der Waals surface area (Å²) < 4.78 is 33.0. The molecule has 1 atom stereocenters. The van der Waals surface area contributed by atoms with Crippen LogP contribution in [0.4, 0.5) is 5.69 Å². The predicted molar refractivity (Wildman–Crippen MR) is 109 cm³/mol. The number of nitrogens with zero attached hydrogens (tertiary/aromatic N) is 2. The third kappa shape index (κ3) is 4.58. The van der Waals surface area contributed by atoms with E-state index < -0.39 is 15.9 Å². The lowest BCUT2D eigenvalue weighted by Crippen LogP contribution is -2.43. The van der Waals surface area contributed by atoms with E-state index in [0.29, 0.717) is 30.6 Å². The summed E-state index contributed by atoms with van der Waals surface area (Å²) in [6.07, 6.45) is 1.18. The summed E-state index contributed by atoms with van der Waals surface area (Å²) in [5, 5.41) is 11.8. The van der Waals surface area contributed by atoms with E-state index in [4.69, 9.17) is 10.00 Å². The highest BCUT2D eigenvalue weighted by molar-refractivity contribution is 7.89. The summed E-state index contributed by atoms with van der Waals surface area (Å²) >= 11 is 0. The fourth-order valence-corrected chi connectivity index (χ4v) is 5.17. The van der Waals surface area contributed by atoms with Crippen molar-refractivity contribution in [3.8, 4) is 11.8 Å². The Bertz CT molecular complexity index is 1060. The third-order valence-corrected chi connectivity index (χ3v) is 6.84. The van der Waals surface area contributed by atoms with Crippen LogP contribution in [0.1, 0.15) is 24.0 Å². The normalized spacial score (nSPS) is 17.3. The maximum absolute atomic E-state index is 13.2. The van der Waals surface area contributed by atoms with Gasteiger partial charge in [-0.05, 0) is 55.7 Å². The minimum absolute atomic E-state index is 0.100.